The van der Waals surface area contributed by atoms with E-state index in [0.717, 1.165) is 25.8 Å². The van der Waals surface area contributed by atoms with E-state index in [1.54, 1.807) is 24.3 Å². The number of anilines is 1. The quantitative estimate of drug-likeness (QED) is 0.679. The number of Topliss-reactive ketones (excluding diaryl/α,β-unsaturated/α-hetero) is 1. The number of carbonyl (C=O) groups is 3. The molecule has 1 aromatic carbocycles. The van der Waals surface area contributed by atoms with E-state index >= 15 is 0 Å². The SMILES string of the molecule is CC(=O)c1ccc(NC(=O)CCN2CCCCC2CNC(=O)OC(C)(C)C)cc1. The number of ketones is 1. The topological polar surface area (TPSA) is 87.7 Å². The molecule has 0 radical (unpaired) electrons. The summed E-state index contributed by atoms with van der Waals surface area (Å²) in [6, 6.07) is 7.10. The number of hydrogen-bond acceptors (Lipinski definition) is 5. The smallest absolute Gasteiger partial charge is 0.407 e. The van der Waals surface area contributed by atoms with Gasteiger partial charge in [-0.15, -0.1) is 0 Å². The highest BCUT2D eigenvalue weighted by Gasteiger charge is 2.24. The summed E-state index contributed by atoms with van der Waals surface area (Å²) in [7, 11) is 0. The van der Waals surface area contributed by atoms with E-state index in [0.29, 0.717) is 30.8 Å². The maximum atomic E-state index is 12.3. The van der Waals surface area contributed by atoms with E-state index < -0.39 is 11.7 Å². The van der Waals surface area contributed by atoms with Crippen LogP contribution in [0.2, 0.25) is 0 Å². The van der Waals surface area contributed by atoms with Crippen molar-refractivity contribution >= 4 is 23.5 Å². The monoisotopic (exact) mass is 403 g/mol. The van der Waals surface area contributed by atoms with Gasteiger partial charge in [-0.1, -0.05) is 6.42 Å². The Bertz CT molecular complexity index is 710. The summed E-state index contributed by atoms with van der Waals surface area (Å²) in [5, 5.41) is 5.72. The fourth-order valence-electron chi connectivity index (χ4n) is 3.36. The minimum Gasteiger partial charge on any atom is -0.444 e. The van der Waals surface area contributed by atoms with Gasteiger partial charge in [0.25, 0.3) is 0 Å². The first-order valence-corrected chi connectivity index (χ1v) is 10.3. The van der Waals surface area contributed by atoms with E-state index in [1.165, 1.54) is 6.92 Å². The molecule has 0 spiro atoms. The van der Waals surface area contributed by atoms with Gasteiger partial charge in [0, 0.05) is 36.8 Å². The fourth-order valence-corrected chi connectivity index (χ4v) is 3.36. The van der Waals surface area contributed by atoms with Crippen LogP contribution in [0.25, 0.3) is 0 Å². The van der Waals surface area contributed by atoms with E-state index in [4.69, 9.17) is 4.74 Å². The number of likely N-dealkylation sites (tertiary alicyclic amines) is 1. The lowest BCUT2D eigenvalue weighted by Crippen LogP contribution is -2.48. The molecule has 1 atom stereocenters. The second-order valence-electron chi connectivity index (χ2n) is 8.50. The summed E-state index contributed by atoms with van der Waals surface area (Å²) in [4.78, 5) is 37.8. The second-order valence-corrected chi connectivity index (χ2v) is 8.50. The first-order valence-electron chi connectivity index (χ1n) is 10.3. The van der Waals surface area contributed by atoms with Crippen LogP contribution in [0.4, 0.5) is 10.5 Å². The van der Waals surface area contributed by atoms with E-state index in [2.05, 4.69) is 15.5 Å². The molecule has 29 heavy (non-hydrogen) atoms. The minimum atomic E-state index is -0.517. The molecule has 7 heteroatoms. The molecule has 0 aromatic heterocycles. The number of amides is 2. The number of hydrogen-bond donors (Lipinski definition) is 2. The molecule has 0 saturated carbocycles. The van der Waals surface area contributed by atoms with Crippen molar-refractivity contribution in [1.29, 1.82) is 0 Å². The summed E-state index contributed by atoms with van der Waals surface area (Å²) >= 11 is 0. The van der Waals surface area contributed by atoms with Crippen molar-refractivity contribution in [2.45, 2.75) is 65.0 Å². The molecule has 0 bridgehead atoms. The van der Waals surface area contributed by atoms with Crippen LogP contribution < -0.4 is 10.6 Å². The molecule has 0 aliphatic carbocycles. The maximum absolute atomic E-state index is 12.3. The van der Waals surface area contributed by atoms with Crippen LogP contribution in [0.3, 0.4) is 0 Å². The normalized spacial score (nSPS) is 17.4. The molecular formula is C22H33N3O4. The summed E-state index contributed by atoms with van der Waals surface area (Å²) < 4.78 is 5.30. The van der Waals surface area contributed by atoms with Gasteiger partial charge < -0.3 is 15.4 Å². The molecule has 1 fully saturated rings. The molecule has 2 N–H and O–H groups in total. The number of nitrogens with zero attached hydrogens (tertiary/aromatic N) is 1. The number of rotatable bonds is 7. The molecular weight excluding hydrogens is 370 g/mol. The highest BCUT2D eigenvalue weighted by molar-refractivity contribution is 5.95. The van der Waals surface area contributed by atoms with Crippen molar-refractivity contribution in [2.75, 3.05) is 25.0 Å². The van der Waals surface area contributed by atoms with Crippen molar-refractivity contribution in [1.82, 2.24) is 10.2 Å². The molecule has 1 heterocycles. The highest BCUT2D eigenvalue weighted by atomic mass is 16.6. The minimum absolute atomic E-state index is 0.000919. The fraction of sp³-hybridized carbons (Fsp3) is 0.591. The third-order valence-electron chi connectivity index (χ3n) is 4.83. The van der Waals surface area contributed by atoms with Crippen LogP contribution in [-0.4, -0.2) is 54.0 Å². The van der Waals surface area contributed by atoms with Gasteiger partial charge in [0.2, 0.25) is 5.91 Å². The van der Waals surface area contributed by atoms with Gasteiger partial charge in [0.1, 0.15) is 5.60 Å². The molecule has 1 aliphatic heterocycles. The van der Waals surface area contributed by atoms with Crippen LogP contribution in [-0.2, 0) is 9.53 Å². The van der Waals surface area contributed by atoms with Crippen LogP contribution in [0.15, 0.2) is 24.3 Å². The number of carbonyl (C=O) groups excluding carboxylic acids is 3. The Morgan fingerprint density at radius 2 is 1.83 bits per heavy atom. The van der Waals surface area contributed by atoms with Crippen LogP contribution in [0, 0.1) is 0 Å². The van der Waals surface area contributed by atoms with E-state index in [9.17, 15) is 14.4 Å². The first-order chi connectivity index (χ1) is 13.6. The summed E-state index contributed by atoms with van der Waals surface area (Å²) in [5.74, 6) is -0.0657. The predicted octanol–water partition coefficient (Wildman–Crippen LogP) is 3.60. The zero-order valence-electron chi connectivity index (χ0n) is 17.9. The number of nitrogens with one attached hydrogen (secondary N) is 2. The van der Waals surface area contributed by atoms with Gasteiger partial charge in [0.15, 0.2) is 5.78 Å². The highest BCUT2D eigenvalue weighted by Crippen LogP contribution is 2.17. The predicted molar refractivity (Wildman–Crippen MR) is 113 cm³/mol. The van der Waals surface area contributed by atoms with Gasteiger partial charge in [0.05, 0.1) is 0 Å². The Morgan fingerprint density at radius 1 is 1.14 bits per heavy atom. The van der Waals surface area contributed by atoms with Crippen LogP contribution in [0.5, 0.6) is 0 Å². The Balaban J connectivity index is 1.79. The van der Waals surface area contributed by atoms with Crippen LogP contribution >= 0.6 is 0 Å². The average Bonchev–Trinajstić information content (AvgIpc) is 2.64. The van der Waals surface area contributed by atoms with Gasteiger partial charge in [-0.3, -0.25) is 14.5 Å². The Labute approximate surface area is 173 Å². The molecule has 1 saturated heterocycles. The largest absolute Gasteiger partial charge is 0.444 e. The van der Waals surface area contributed by atoms with Gasteiger partial charge >= 0.3 is 6.09 Å². The first kappa shape index (κ1) is 22.9. The zero-order chi connectivity index (χ0) is 21.4. The molecule has 7 nitrogen and oxygen atoms in total. The molecule has 1 aromatic rings. The molecule has 160 valence electrons. The lowest BCUT2D eigenvalue weighted by Gasteiger charge is -2.35. The van der Waals surface area contributed by atoms with Crippen molar-refractivity contribution in [3.05, 3.63) is 29.8 Å². The van der Waals surface area contributed by atoms with Crippen molar-refractivity contribution in [3.8, 4) is 0 Å². The van der Waals surface area contributed by atoms with Crippen molar-refractivity contribution in [3.63, 3.8) is 0 Å². The lowest BCUT2D eigenvalue weighted by atomic mass is 10.0. The van der Waals surface area contributed by atoms with Gasteiger partial charge in [-0.25, -0.2) is 4.79 Å². The lowest BCUT2D eigenvalue weighted by molar-refractivity contribution is -0.116. The van der Waals surface area contributed by atoms with Crippen molar-refractivity contribution in [2.24, 2.45) is 0 Å². The average molecular weight is 404 g/mol. The summed E-state index contributed by atoms with van der Waals surface area (Å²) in [5.41, 5.74) is 0.787. The Hall–Kier alpha value is -2.41. The standard InChI is InChI=1S/C22H33N3O4/c1-16(26)17-8-10-18(11-9-17)24-20(27)12-14-25-13-6-5-7-19(25)15-23-21(28)29-22(2,3)4/h8-11,19H,5-7,12-15H2,1-4H3,(H,23,28)(H,24,27). The van der Waals surface area contributed by atoms with Crippen molar-refractivity contribution < 1.29 is 19.1 Å². The molecule has 1 aliphatic rings. The number of piperidine rings is 1. The van der Waals surface area contributed by atoms with Gasteiger partial charge in [-0.2, -0.15) is 0 Å². The molecule has 1 unspecified atom stereocenters. The molecule has 2 rings (SSSR count). The Kier molecular flexibility index (Phi) is 8.20. The second kappa shape index (κ2) is 10.4. The third-order valence-corrected chi connectivity index (χ3v) is 4.83. The number of alkyl carbamates (subject to hydrolysis) is 1. The Morgan fingerprint density at radius 3 is 2.45 bits per heavy atom. The number of benzene rings is 1. The summed E-state index contributed by atoms with van der Waals surface area (Å²) in [6.07, 6.45) is 3.17. The van der Waals surface area contributed by atoms with E-state index in [-0.39, 0.29) is 17.7 Å². The third kappa shape index (κ3) is 8.23. The van der Waals surface area contributed by atoms with Crippen LogP contribution in [0.1, 0.15) is 63.7 Å². The summed E-state index contributed by atoms with van der Waals surface area (Å²) in [6.45, 7) is 9.10. The van der Waals surface area contributed by atoms with E-state index in [1.807, 2.05) is 20.8 Å². The zero-order valence-corrected chi connectivity index (χ0v) is 17.9. The number of ether oxygens (including phenoxy) is 1. The molecule has 2 amide bonds. The van der Waals surface area contributed by atoms with Gasteiger partial charge in [-0.05, 0) is 71.3 Å². The maximum Gasteiger partial charge on any atom is 0.407 e.